The van der Waals surface area contributed by atoms with Crippen LogP contribution in [0.2, 0.25) is 0 Å². The Morgan fingerprint density at radius 1 is 1.00 bits per heavy atom. The lowest BCUT2D eigenvalue weighted by molar-refractivity contribution is -0.118. The monoisotopic (exact) mass is 396 g/mol. The minimum Gasteiger partial charge on any atom is -0.493 e. The maximum Gasteiger partial charge on any atom is 0.255 e. The van der Waals surface area contributed by atoms with E-state index in [1.54, 1.807) is 18.2 Å². The molecule has 2 N–H and O–H groups in total. The predicted octanol–water partition coefficient (Wildman–Crippen LogP) is 4.91. The summed E-state index contributed by atoms with van der Waals surface area (Å²) in [7, 11) is 0. The number of aryl methyl sites for hydroxylation is 1. The summed E-state index contributed by atoms with van der Waals surface area (Å²) in [5.74, 6) is 0.159. The number of hydrogen-bond donors (Lipinski definition) is 2. The van der Waals surface area contributed by atoms with Crippen molar-refractivity contribution < 1.29 is 14.3 Å². The van der Waals surface area contributed by atoms with Gasteiger partial charge in [-0.2, -0.15) is 0 Å². The summed E-state index contributed by atoms with van der Waals surface area (Å²) in [6, 6.07) is 12.4. The molecule has 5 nitrogen and oxygen atoms in total. The number of ether oxygens (including phenoxy) is 1. The first-order valence-electron chi connectivity index (χ1n) is 10.2. The molecule has 5 heteroatoms. The highest BCUT2D eigenvalue weighted by Crippen LogP contribution is 2.28. The Labute approximate surface area is 173 Å². The van der Waals surface area contributed by atoms with Gasteiger partial charge in [-0.05, 0) is 48.9 Å². The molecular weight excluding hydrogens is 364 g/mol. The molecule has 0 radical (unpaired) electrons. The largest absolute Gasteiger partial charge is 0.493 e. The van der Waals surface area contributed by atoms with Crippen LogP contribution in [0.5, 0.6) is 5.75 Å². The molecule has 156 valence electrons. The van der Waals surface area contributed by atoms with Crippen molar-refractivity contribution in [2.45, 2.75) is 53.5 Å². The summed E-state index contributed by atoms with van der Waals surface area (Å²) < 4.78 is 5.55. The van der Waals surface area contributed by atoms with Gasteiger partial charge in [0.2, 0.25) is 5.91 Å². The van der Waals surface area contributed by atoms with Crippen molar-refractivity contribution in [1.82, 2.24) is 5.32 Å². The number of para-hydroxylation sites is 2. The third-order valence-corrected chi connectivity index (χ3v) is 4.84. The van der Waals surface area contributed by atoms with Gasteiger partial charge >= 0.3 is 0 Å². The Balaban J connectivity index is 2.25. The van der Waals surface area contributed by atoms with Crippen LogP contribution in [-0.2, 0) is 4.79 Å². The van der Waals surface area contributed by atoms with E-state index in [2.05, 4.69) is 24.5 Å². The number of anilines is 1. The summed E-state index contributed by atoms with van der Waals surface area (Å²) in [6.07, 6.45) is 0. The Bertz CT molecular complexity index is 859. The van der Waals surface area contributed by atoms with E-state index in [1.165, 1.54) is 0 Å². The molecule has 1 atom stereocenters. The second kappa shape index (κ2) is 10.1. The van der Waals surface area contributed by atoms with Crippen LogP contribution < -0.4 is 15.4 Å². The minimum atomic E-state index is -0.670. The van der Waals surface area contributed by atoms with Gasteiger partial charge in [0, 0.05) is 5.69 Å². The second-order valence-corrected chi connectivity index (χ2v) is 7.81. The molecule has 2 aromatic rings. The molecule has 1 unspecified atom stereocenters. The molecule has 0 heterocycles. The number of hydrogen-bond acceptors (Lipinski definition) is 3. The summed E-state index contributed by atoms with van der Waals surface area (Å²) in [4.78, 5) is 26.0. The second-order valence-electron chi connectivity index (χ2n) is 7.81. The first kappa shape index (κ1) is 22.5. The Kier molecular flexibility index (Phi) is 7.82. The zero-order chi connectivity index (χ0) is 21.6. The van der Waals surface area contributed by atoms with Crippen LogP contribution in [0.25, 0.3) is 0 Å². The lowest BCUT2D eigenvalue weighted by atomic mass is 9.97. The number of amides is 2. The molecule has 0 spiro atoms. The number of benzene rings is 2. The molecule has 2 aromatic carbocycles. The zero-order valence-electron chi connectivity index (χ0n) is 18.2. The summed E-state index contributed by atoms with van der Waals surface area (Å²) in [5.41, 5.74) is 3.32. The van der Waals surface area contributed by atoms with Gasteiger partial charge in [0.1, 0.15) is 11.8 Å². The van der Waals surface area contributed by atoms with Crippen LogP contribution in [0, 0.1) is 12.8 Å². The van der Waals surface area contributed by atoms with Crippen molar-refractivity contribution >= 4 is 17.5 Å². The van der Waals surface area contributed by atoms with E-state index >= 15 is 0 Å². The Morgan fingerprint density at radius 2 is 1.69 bits per heavy atom. The van der Waals surface area contributed by atoms with Gasteiger partial charge < -0.3 is 15.4 Å². The van der Waals surface area contributed by atoms with Crippen molar-refractivity contribution in [1.29, 1.82) is 0 Å². The standard InChI is InChI=1S/C24H32N2O3/c1-7-29-20-14-9-8-12-19(20)23(27)25-21(16(4)5)24(28)26-22-17(6)11-10-13-18(22)15(2)3/h8-16,21H,7H2,1-6H3,(H,25,27)(H,26,28). The van der Waals surface area contributed by atoms with Crippen LogP contribution in [0.4, 0.5) is 5.69 Å². The highest BCUT2D eigenvalue weighted by Gasteiger charge is 2.27. The first-order chi connectivity index (χ1) is 13.8. The van der Waals surface area contributed by atoms with Crippen molar-refractivity contribution in [2.24, 2.45) is 5.92 Å². The van der Waals surface area contributed by atoms with E-state index in [-0.39, 0.29) is 23.7 Å². The average molecular weight is 397 g/mol. The maximum atomic E-state index is 13.1. The first-order valence-corrected chi connectivity index (χ1v) is 10.2. The van der Waals surface area contributed by atoms with Crippen LogP contribution in [0.3, 0.4) is 0 Å². The normalized spacial score (nSPS) is 12.0. The van der Waals surface area contributed by atoms with E-state index in [0.717, 1.165) is 16.8 Å². The van der Waals surface area contributed by atoms with Crippen molar-refractivity contribution in [3.05, 3.63) is 59.2 Å². The Hall–Kier alpha value is -2.82. The highest BCUT2D eigenvalue weighted by atomic mass is 16.5. The molecule has 0 aliphatic rings. The predicted molar refractivity (Wildman–Crippen MR) is 118 cm³/mol. The molecular formula is C24H32N2O3. The zero-order valence-corrected chi connectivity index (χ0v) is 18.2. The van der Waals surface area contributed by atoms with Crippen LogP contribution in [0.1, 0.15) is 62.0 Å². The summed E-state index contributed by atoms with van der Waals surface area (Å²) in [5, 5.41) is 5.94. The molecule has 2 rings (SSSR count). The SMILES string of the molecule is CCOc1ccccc1C(=O)NC(C(=O)Nc1c(C)cccc1C(C)C)C(C)C. The van der Waals surface area contributed by atoms with Gasteiger partial charge in [0.15, 0.2) is 0 Å². The smallest absolute Gasteiger partial charge is 0.255 e. The fourth-order valence-corrected chi connectivity index (χ4v) is 3.23. The fraction of sp³-hybridized carbons (Fsp3) is 0.417. The minimum absolute atomic E-state index is 0.0790. The van der Waals surface area contributed by atoms with Gasteiger partial charge in [-0.15, -0.1) is 0 Å². The van der Waals surface area contributed by atoms with E-state index in [1.807, 2.05) is 52.0 Å². The third-order valence-electron chi connectivity index (χ3n) is 4.84. The molecule has 0 bridgehead atoms. The molecule has 0 aliphatic heterocycles. The topological polar surface area (TPSA) is 67.4 Å². The molecule has 29 heavy (non-hydrogen) atoms. The fourth-order valence-electron chi connectivity index (χ4n) is 3.23. The van der Waals surface area contributed by atoms with E-state index in [9.17, 15) is 9.59 Å². The van der Waals surface area contributed by atoms with Crippen molar-refractivity contribution in [3.63, 3.8) is 0 Å². The van der Waals surface area contributed by atoms with Crippen molar-refractivity contribution in [2.75, 3.05) is 11.9 Å². The van der Waals surface area contributed by atoms with Crippen LogP contribution in [0.15, 0.2) is 42.5 Å². The molecule has 0 aromatic heterocycles. The van der Waals surface area contributed by atoms with Gasteiger partial charge in [-0.25, -0.2) is 0 Å². The molecule has 0 fully saturated rings. The quantitative estimate of drug-likeness (QED) is 0.666. The van der Waals surface area contributed by atoms with E-state index in [0.29, 0.717) is 17.9 Å². The van der Waals surface area contributed by atoms with Crippen LogP contribution in [-0.4, -0.2) is 24.5 Å². The van der Waals surface area contributed by atoms with Gasteiger partial charge in [-0.3, -0.25) is 9.59 Å². The molecule has 2 amide bonds. The van der Waals surface area contributed by atoms with Gasteiger partial charge in [-0.1, -0.05) is 58.0 Å². The number of rotatable bonds is 8. The Morgan fingerprint density at radius 3 is 2.31 bits per heavy atom. The highest BCUT2D eigenvalue weighted by molar-refractivity contribution is 6.03. The molecule has 0 saturated carbocycles. The number of nitrogens with one attached hydrogen (secondary N) is 2. The van der Waals surface area contributed by atoms with Crippen LogP contribution >= 0.6 is 0 Å². The lowest BCUT2D eigenvalue weighted by Gasteiger charge is -2.24. The lowest BCUT2D eigenvalue weighted by Crippen LogP contribution is -2.47. The molecule has 0 aliphatic carbocycles. The van der Waals surface area contributed by atoms with Gasteiger partial charge in [0.05, 0.1) is 12.2 Å². The molecule has 0 saturated heterocycles. The summed E-state index contributed by atoms with van der Waals surface area (Å²) in [6.45, 7) is 12.3. The third kappa shape index (κ3) is 5.59. The number of carbonyl (C=O) groups is 2. The van der Waals surface area contributed by atoms with E-state index < -0.39 is 6.04 Å². The number of carbonyl (C=O) groups excluding carboxylic acids is 2. The van der Waals surface area contributed by atoms with E-state index in [4.69, 9.17) is 4.74 Å². The van der Waals surface area contributed by atoms with Crippen molar-refractivity contribution in [3.8, 4) is 5.75 Å². The maximum absolute atomic E-state index is 13.1. The van der Waals surface area contributed by atoms with Gasteiger partial charge in [0.25, 0.3) is 5.91 Å². The average Bonchev–Trinajstić information content (AvgIpc) is 2.67. The summed E-state index contributed by atoms with van der Waals surface area (Å²) >= 11 is 0.